The molecule has 5 heteroatoms. The number of hydrogen-bond acceptors (Lipinski definition) is 4. The summed E-state index contributed by atoms with van der Waals surface area (Å²) in [5.74, 6) is -1.07. The standard InChI is InChI=1S/C19H19ClO4/c1-2-3-12-23-18(21)16-6-4-5-7-17(16)19(22)24-13-14-8-10-15(20)11-9-14/h4-11H,2-3,12-13H2,1H3. The zero-order valence-corrected chi connectivity index (χ0v) is 14.2. The summed E-state index contributed by atoms with van der Waals surface area (Å²) in [7, 11) is 0. The van der Waals surface area contributed by atoms with Gasteiger partial charge in [-0.05, 0) is 36.2 Å². The second kappa shape index (κ2) is 9.08. The molecule has 24 heavy (non-hydrogen) atoms. The average Bonchev–Trinajstić information content (AvgIpc) is 2.61. The summed E-state index contributed by atoms with van der Waals surface area (Å²) in [4.78, 5) is 24.4. The van der Waals surface area contributed by atoms with Crippen LogP contribution in [0.15, 0.2) is 48.5 Å². The van der Waals surface area contributed by atoms with Gasteiger partial charge in [0.05, 0.1) is 17.7 Å². The number of carbonyl (C=O) groups excluding carboxylic acids is 2. The van der Waals surface area contributed by atoms with Crippen molar-refractivity contribution >= 4 is 23.5 Å². The van der Waals surface area contributed by atoms with E-state index in [1.165, 1.54) is 0 Å². The minimum absolute atomic E-state index is 0.106. The van der Waals surface area contributed by atoms with Gasteiger partial charge in [0.25, 0.3) is 0 Å². The molecule has 2 aromatic carbocycles. The maximum atomic E-state index is 12.3. The van der Waals surface area contributed by atoms with E-state index in [0.717, 1.165) is 18.4 Å². The predicted molar refractivity (Wildman–Crippen MR) is 92.2 cm³/mol. The lowest BCUT2D eigenvalue weighted by Gasteiger charge is -2.10. The Kier molecular flexibility index (Phi) is 6.82. The van der Waals surface area contributed by atoms with Gasteiger partial charge in [0, 0.05) is 5.02 Å². The van der Waals surface area contributed by atoms with Crippen molar-refractivity contribution in [3.63, 3.8) is 0 Å². The smallest absolute Gasteiger partial charge is 0.339 e. The Hall–Kier alpha value is -2.33. The number of ether oxygens (including phenoxy) is 2. The molecule has 0 saturated carbocycles. The van der Waals surface area contributed by atoms with Crippen LogP contribution in [0.2, 0.25) is 5.02 Å². The van der Waals surface area contributed by atoms with E-state index in [9.17, 15) is 9.59 Å². The van der Waals surface area contributed by atoms with Crippen molar-refractivity contribution in [2.24, 2.45) is 0 Å². The quantitative estimate of drug-likeness (QED) is 0.540. The second-order valence-corrected chi connectivity index (χ2v) is 5.67. The average molecular weight is 347 g/mol. The van der Waals surface area contributed by atoms with E-state index >= 15 is 0 Å². The Morgan fingerprint density at radius 2 is 1.50 bits per heavy atom. The highest BCUT2D eigenvalue weighted by atomic mass is 35.5. The Morgan fingerprint density at radius 3 is 2.08 bits per heavy atom. The van der Waals surface area contributed by atoms with Gasteiger partial charge >= 0.3 is 11.9 Å². The van der Waals surface area contributed by atoms with Gasteiger partial charge in [-0.1, -0.05) is 49.2 Å². The highest BCUT2D eigenvalue weighted by molar-refractivity contribution is 6.30. The van der Waals surface area contributed by atoms with Crippen LogP contribution in [0.1, 0.15) is 46.0 Å². The molecule has 0 atom stereocenters. The molecule has 0 aromatic heterocycles. The van der Waals surface area contributed by atoms with E-state index in [-0.39, 0.29) is 17.7 Å². The van der Waals surface area contributed by atoms with Crippen LogP contribution in [0, 0.1) is 0 Å². The molecule has 0 bridgehead atoms. The third kappa shape index (κ3) is 5.10. The van der Waals surface area contributed by atoms with E-state index < -0.39 is 11.9 Å². The molecule has 4 nitrogen and oxygen atoms in total. The molecular formula is C19H19ClO4. The fraction of sp³-hybridized carbons (Fsp3) is 0.263. The monoisotopic (exact) mass is 346 g/mol. The van der Waals surface area contributed by atoms with Crippen LogP contribution in [0.4, 0.5) is 0 Å². The molecule has 0 unspecified atom stereocenters. The molecule has 0 fully saturated rings. The molecule has 0 amide bonds. The van der Waals surface area contributed by atoms with Crippen LogP contribution in [0.5, 0.6) is 0 Å². The molecule has 0 aliphatic heterocycles. The Balaban J connectivity index is 2.03. The third-order valence-corrected chi connectivity index (χ3v) is 3.63. The van der Waals surface area contributed by atoms with Gasteiger partial charge in [-0.3, -0.25) is 0 Å². The topological polar surface area (TPSA) is 52.6 Å². The number of benzene rings is 2. The Bertz CT molecular complexity index is 695. The first-order valence-corrected chi connectivity index (χ1v) is 8.17. The van der Waals surface area contributed by atoms with Crippen LogP contribution >= 0.6 is 11.6 Å². The number of rotatable bonds is 7. The van der Waals surface area contributed by atoms with Crippen molar-refractivity contribution in [3.8, 4) is 0 Å². The van der Waals surface area contributed by atoms with Gasteiger partial charge in [-0.2, -0.15) is 0 Å². The first-order valence-electron chi connectivity index (χ1n) is 7.79. The summed E-state index contributed by atoms with van der Waals surface area (Å²) in [5.41, 5.74) is 1.23. The largest absolute Gasteiger partial charge is 0.462 e. The maximum Gasteiger partial charge on any atom is 0.339 e. The minimum atomic E-state index is -0.562. The van der Waals surface area contributed by atoms with Gasteiger partial charge in [-0.15, -0.1) is 0 Å². The van der Waals surface area contributed by atoms with E-state index in [0.29, 0.717) is 11.6 Å². The maximum absolute atomic E-state index is 12.3. The SMILES string of the molecule is CCCCOC(=O)c1ccccc1C(=O)OCc1ccc(Cl)cc1. The molecule has 0 saturated heterocycles. The Labute approximate surface area is 146 Å². The molecule has 2 aromatic rings. The third-order valence-electron chi connectivity index (χ3n) is 3.38. The van der Waals surface area contributed by atoms with Gasteiger partial charge < -0.3 is 9.47 Å². The van der Waals surface area contributed by atoms with Gasteiger partial charge in [0.15, 0.2) is 0 Å². The lowest BCUT2D eigenvalue weighted by molar-refractivity contribution is 0.0437. The van der Waals surface area contributed by atoms with Crippen LogP contribution < -0.4 is 0 Å². The zero-order chi connectivity index (χ0) is 17.4. The predicted octanol–water partition coefficient (Wildman–Crippen LogP) is 4.65. The number of carbonyl (C=O) groups is 2. The number of unbranched alkanes of at least 4 members (excludes halogenated alkanes) is 1. The van der Waals surface area contributed by atoms with E-state index in [2.05, 4.69) is 0 Å². The fourth-order valence-electron chi connectivity index (χ4n) is 2.03. The van der Waals surface area contributed by atoms with Crippen molar-refractivity contribution in [3.05, 3.63) is 70.2 Å². The van der Waals surface area contributed by atoms with Crippen LogP contribution in [0.25, 0.3) is 0 Å². The molecule has 0 aliphatic carbocycles. The first kappa shape index (κ1) is 18.0. The Morgan fingerprint density at radius 1 is 0.917 bits per heavy atom. The highest BCUT2D eigenvalue weighted by Crippen LogP contribution is 2.15. The van der Waals surface area contributed by atoms with E-state index in [4.69, 9.17) is 21.1 Å². The molecule has 0 heterocycles. The normalized spacial score (nSPS) is 10.2. The molecule has 2 rings (SSSR count). The van der Waals surface area contributed by atoms with Crippen LogP contribution in [-0.4, -0.2) is 18.5 Å². The van der Waals surface area contributed by atoms with Crippen molar-refractivity contribution in [1.29, 1.82) is 0 Å². The molecule has 126 valence electrons. The van der Waals surface area contributed by atoms with Gasteiger partial charge in [-0.25, -0.2) is 9.59 Å². The summed E-state index contributed by atoms with van der Waals surface area (Å²) in [6.45, 7) is 2.45. The first-order chi connectivity index (χ1) is 11.6. The summed E-state index contributed by atoms with van der Waals surface area (Å²) in [6.07, 6.45) is 1.72. The van der Waals surface area contributed by atoms with Crippen molar-refractivity contribution in [2.45, 2.75) is 26.4 Å². The second-order valence-electron chi connectivity index (χ2n) is 5.24. The highest BCUT2D eigenvalue weighted by Gasteiger charge is 2.18. The fourth-order valence-corrected chi connectivity index (χ4v) is 2.16. The molecule has 0 spiro atoms. The van der Waals surface area contributed by atoms with E-state index in [1.54, 1.807) is 48.5 Å². The van der Waals surface area contributed by atoms with Crippen LogP contribution in [0.3, 0.4) is 0 Å². The summed E-state index contributed by atoms with van der Waals surface area (Å²) >= 11 is 5.82. The lowest BCUT2D eigenvalue weighted by atomic mass is 10.1. The summed E-state index contributed by atoms with van der Waals surface area (Å²) in [5, 5.41) is 0.616. The van der Waals surface area contributed by atoms with Gasteiger partial charge in [0.1, 0.15) is 6.61 Å². The minimum Gasteiger partial charge on any atom is -0.462 e. The molecule has 0 radical (unpaired) electrons. The number of hydrogen-bond donors (Lipinski definition) is 0. The van der Waals surface area contributed by atoms with Crippen molar-refractivity contribution in [1.82, 2.24) is 0 Å². The molecule has 0 N–H and O–H groups in total. The molecule has 0 aliphatic rings. The summed E-state index contributed by atoms with van der Waals surface area (Å²) < 4.78 is 10.5. The van der Waals surface area contributed by atoms with Crippen molar-refractivity contribution in [2.75, 3.05) is 6.61 Å². The van der Waals surface area contributed by atoms with E-state index in [1.807, 2.05) is 6.92 Å². The summed E-state index contributed by atoms with van der Waals surface area (Å²) in [6, 6.07) is 13.5. The molecular weight excluding hydrogens is 328 g/mol. The zero-order valence-electron chi connectivity index (χ0n) is 13.5. The lowest BCUT2D eigenvalue weighted by Crippen LogP contribution is -2.14. The number of esters is 2. The van der Waals surface area contributed by atoms with Crippen LogP contribution in [-0.2, 0) is 16.1 Å². The van der Waals surface area contributed by atoms with Gasteiger partial charge in [0.2, 0.25) is 0 Å². The van der Waals surface area contributed by atoms with Crippen molar-refractivity contribution < 1.29 is 19.1 Å². The number of halogens is 1.